The molecule has 0 atom stereocenters. The number of benzene rings is 8. The van der Waals surface area contributed by atoms with Crippen LogP contribution in [0.15, 0.2) is 197 Å². The molecule has 0 spiro atoms. The van der Waals surface area contributed by atoms with Crippen molar-refractivity contribution in [2.45, 2.75) is 55.4 Å². The lowest BCUT2D eigenvalue weighted by molar-refractivity contribution is 0.490. The second-order valence-corrected chi connectivity index (χ2v) is 19.9. The van der Waals surface area contributed by atoms with E-state index in [2.05, 4.69) is 141 Å². The molecule has 8 aromatic carbocycles. The third-order valence-corrected chi connectivity index (χ3v) is 13.9. The van der Waals surface area contributed by atoms with Crippen molar-refractivity contribution in [2.75, 3.05) is 0 Å². The van der Waals surface area contributed by atoms with E-state index in [1.165, 1.54) is 50.1 Å². The number of nitrogens with zero attached hydrogens (tertiary/aromatic N) is 4. The molecule has 0 aliphatic heterocycles. The molecule has 0 saturated heterocycles. The number of aromatic nitrogens is 5. The fraction of sp³-hybridized carbons (Fsp3) is 0.113. The second kappa shape index (κ2) is 26.0. The number of aromatic amines is 1. The molecule has 0 aliphatic carbocycles. The minimum Gasteiger partial charge on any atom is -0.404 e. The summed E-state index contributed by atoms with van der Waals surface area (Å²) in [5, 5.41) is 1.50. The number of para-hydroxylation sites is 5. The molecule has 1 N–H and O–H groups in total. The van der Waals surface area contributed by atoms with Gasteiger partial charge in [-0.05, 0) is 195 Å². The summed E-state index contributed by atoms with van der Waals surface area (Å²) in [4.78, 5) is 56.4. The Balaban J connectivity index is 0.000000132. The molecular weight excluding hydrogens is 1020 g/mol. The summed E-state index contributed by atoms with van der Waals surface area (Å²) in [6.07, 6.45) is 15.0. The number of hydrogen-bond donors (Lipinski definition) is 1. The normalized spacial score (nSPS) is 11.4. The fourth-order valence-corrected chi connectivity index (χ4v) is 8.52. The third-order valence-electron chi connectivity index (χ3n) is 13.9. The number of H-pyrrole nitrogens is 1. The molecule has 406 valence electrons. The van der Waals surface area contributed by atoms with Crippen LogP contribution < -0.4 is 16.9 Å². The fourth-order valence-electron chi connectivity index (χ4n) is 8.52. The van der Waals surface area contributed by atoms with Gasteiger partial charge in [-0.3, -0.25) is 0 Å². The van der Waals surface area contributed by atoms with E-state index in [4.69, 9.17) is 13.3 Å². The Morgan fingerprint density at radius 3 is 0.915 bits per heavy atom. The average molecular weight is 1080 g/mol. The lowest BCUT2D eigenvalue weighted by Gasteiger charge is -2.01. The maximum atomic E-state index is 11.9. The van der Waals surface area contributed by atoms with E-state index in [-0.39, 0.29) is 16.9 Å². The molecule has 0 aliphatic rings. The molecule has 4 aromatic heterocycles. The molecule has 0 saturated carbocycles. The van der Waals surface area contributed by atoms with Gasteiger partial charge in [-0.15, -0.1) is 0 Å². The molecule has 4 heterocycles. The van der Waals surface area contributed by atoms with Crippen LogP contribution in [0.5, 0.6) is 0 Å². The van der Waals surface area contributed by atoms with E-state index in [9.17, 15) is 14.4 Å². The van der Waals surface area contributed by atoms with E-state index < -0.39 is 0 Å². The van der Waals surface area contributed by atoms with Crippen LogP contribution in [0.3, 0.4) is 0 Å². The van der Waals surface area contributed by atoms with Crippen LogP contribution in [0.1, 0.15) is 90.3 Å². The Labute approximate surface area is 475 Å². The summed E-state index contributed by atoms with van der Waals surface area (Å²) in [7, 11) is 0. The highest BCUT2D eigenvalue weighted by Gasteiger charge is 2.07. The van der Waals surface area contributed by atoms with Gasteiger partial charge in [0, 0.05) is 18.2 Å². The zero-order valence-electron chi connectivity index (χ0n) is 47.0. The molecular formula is C71H61N5O6. The first kappa shape index (κ1) is 56.3. The molecule has 12 rings (SSSR count). The summed E-state index contributed by atoms with van der Waals surface area (Å²) in [5.74, 6) is 1.84. The number of aryl methyl sites for hydroxylation is 8. The quantitative estimate of drug-likeness (QED) is 0.155. The van der Waals surface area contributed by atoms with Crippen molar-refractivity contribution in [3.8, 4) is 0 Å². The molecule has 0 radical (unpaired) electrons. The minimum atomic E-state index is -0.361. The van der Waals surface area contributed by atoms with Gasteiger partial charge in [0.2, 0.25) is 17.7 Å². The predicted octanol–water partition coefficient (Wildman–Crippen LogP) is 16.3. The monoisotopic (exact) mass is 1080 g/mol. The van der Waals surface area contributed by atoms with E-state index in [0.29, 0.717) is 50.4 Å². The van der Waals surface area contributed by atoms with Crippen molar-refractivity contribution < 1.29 is 13.3 Å². The second-order valence-electron chi connectivity index (χ2n) is 19.9. The van der Waals surface area contributed by atoms with Gasteiger partial charge in [0.05, 0.1) is 43.7 Å². The first-order chi connectivity index (χ1) is 39.6. The summed E-state index contributed by atoms with van der Waals surface area (Å²) >= 11 is 0. The largest absolute Gasteiger partial charge is 0.404 e. The minimum absolute atomic E-state index is 0.317. The van der Waals surface area contributed by atoms with E-state index in [1.807, 2.05) is 85.0 Å². The molecule has 0 fully saturated rings. The van der Waals surface area contributed by atoms with E-state index in [0.717, 1.165) is 33.5 Å². The highest BCUT2D eigenvalue weighted by molar-refractivity contribution is 5.81. The maximum Gasteiger partial charge on any atom is 0.347 e. The molecule has 11 heteroatoms. The van der Waals surface area contributed by atoms with Crippen LogP contribution in [0.25, 0.3) is 92.4 Å². The van der Waals surface area contributed by atoms with Gasteiger partial charge in [-0.1, -0.05) is 127 Å². The Bertz CT molecular complexity index is 4200. The van der Waals surface area contributed by atoms with Gasteiger partial charge in [0.1, 0.15) is 5.82 Å². The van der Waals surface area contributed by atoms with Crippen LogP contribution in [-0.4, -0.2) is 24.9 Å². The van der Waals surface area contributed by atoms with Gasteiger partial charge in [-0.25, -0.2) is 34.3 Å². The van der Waals surface area contributed by atoms with Crippen LogP contribution in [0.4, 0.5) is 0 Å². The third kappa shape index (κ3) is 14.6. The summed E-state index contributed by atoms with van der Waals surface area (Å²) in [6, 6.07) is 54.6. The lowest BCUT2D eigenvalue weighted by atomic mass is 10.1. The zero-order chi connectivity index (χ0) is 57.7. The zero-order valence-corrected chi connectivity index (χ0v) is 47.0. The maximum absolute atomic E-state index is 11.9. The van der Waals surface area contributed by atoms with Gasteiger partial charge < -0.3 is 18.2 Å². The Hall–Kier alpha value is -10.4. The van der Waals surface area contributed by atoms with Gasteiger partial charge in [0.15, 0.2) is 0 Å². The average Bonchev–Trinajstić information content (AvgIpc) is 3.92. The molecule has 82 heavy (non-hydrogen) atoms. The van der Waals surface area contributed by atoms with Crippen molar-refractivity contribution in [1.82, 2.24) is 24.9 Å². The molecule has 11 nitrogen and oxygen atoms in total. The van der Waals surface area contributed by atoms with E-state index in [1.54, 1.807) is 72.8 Å². The summed E-state index contributed by atoms with van der Waals surface area (Å²) < 4.78 is 15.6. The van der Waals surface area contributed by atoms with Crippen molar-refractivity contribution >= 4 is 92.4 Å². The molecule has 0 bridgehead atoms. The van der Waals surface area contributed by atoms with E-state index >= 15 is 0 Å². The van der Waals surface area contributed by atoms with Crippen molar-refractivity contribution in [3.63, 3.8) is 0 Å². The van der Waals surface area contributed by atoms with Crippen molar-refractivity contribution in [2.24, 2.45) is 0 Å². The van der Waals surface area contributed by atoms with Crippen LogP contribution in [0, 0.1) is 55.4 Å². The Kier molecular flexibility index (Phi) is 17.9. The SMILES string of the molecule is Cc1ccc(/C=C/c2nc3ccccc3[nH]2)cc1C.Cc1ccc(/C=C/c2nc3ccccc3c(=O)o2)cc1C.Cc1ccc(/C=C/c2nc3ccccc3c(=O)o2)cc1C.Cc1ccc(/C=C/c2nc3ccccc3c(=O)o2)cc1C. The number of hydrogen-bond acceptors (Lipinski definition) is 10. The first-order valence-corrected chi connectivity index (χ1v) is 26.8. The topological polar surface area (TPSA) is 158 Å². The predicted molar refractivity (Wildman–Crippen MR) is 336 cm³/mol. The smallest absolute Gasteiger partial charge is 0.347 e. The van der Waals surface area contributed by atoms with Gasteiger partial charge in [-0.2, -0.15) is 0 Å². The van der Waals surface area contributed by atoms with Gasteiger partial charge in [0.25, 0.3) is 0 Å². The van der Waals surface area contributed by atoms with Gasteiger partial charge >= 0.3 is 16.9 Å². The highest BCUT2D eigenvalue weighted by atomic mass is 16.4. The van der Waals surface area contributed by atoms with Crippen LogP contribution >= 0.6 is 0 Å². The summed E-state index contributed by atoms with van der Waals surface area (Å²) in [5.41, 5.74) is 17.4. The molecule has 12 aromatic rings. The van der Waals surface area contributed by atoms with Crippen LogP contribution in [0.2, 0.25) is 0 Å². The number of fused-ring (bicyclic) bond motifs is 4. The van der Waals surface area contributed by atoms with Crippen molar-refractivity contribution in [1.29, 1.82) is 0 Å². The highest BCUT2D eigenvalue weighted by Crippen LogP contribution is 2.19. The Morgan fingerprint density at radius 2 is 0.598 bits per heavy atom. The van der Waals surface area contributed by atoms with Crippen LogP contribution in [-0.2, 0) is 0 Å². The van der Waals surface area contributed by atoms with Crippen molar-refractivity contribution in [3.05, 3.63) is 291 Å². The standard InChI is InChI=1S/3C18H15NO2.C17H16N2/c3*1-12-7-8-14(11-13(12)2)9-10-17-19-16-6-4-3-5-15(16)18(20)21-17;1-12-7-8-14(11-13(12)2)9-10-17-18-15-5-3-4-6-16(15)19-17/h3*3-11H,1-2H3;3-11H,1-2H3,(H,18,19)/b4*10-9+. The molecule has 0 unspecified atom stereocenters. The molecule has 0 amide bonds. The summed E-state index contributed by atoms with van der Waals surface area (Å²) in [6.45, 7) is 16.7. The first-order valence-electron chi connectivity index (χ1n) is 26.8. The number of rotatable bonds is 8. The number of nitrogens with one attached hydrogen (secondary N) is 1. The lowest BCUT2D eigenvalue weighted by Crippen LogP contribution is -2.02. The number of imidazole rings is 1. The Morgan fingerprint density at radius 1 is 0.305 bits per heavy atom.